The minimum atomic E-state index is -4.39. The second-order valence-corrected chi connectivity index (χ2v) is 7.05. The van der Waals surface area contributed by atoms with Gasteiger partial charge in [-0.25, -0.2) is 4.98 Å². The van der Waals surface area contributed by atoms with Gasteiger partial charge in [-0.05, 0) is 54.1 Å². The number of methoxy groups -OCH3 is 1. The maximum Gasteiger partial charge on any atom is 0.417 e. The zero-order chi connectivity index (χ0) is 20.9. The molecule has 0 radical (unpaired) electrons. The smallest absolute Gasteiger partial charge is 0.417 e. The van der Waals surface area contributed by atoms with Gasteiger partial charge in [0.15, 0.2) is 0 Å². The number of nitrogens with zero attached hydrogens (tertiary/aromatic N) is 1. The number of hydrogen-bond acceptors (Lipinski definition) is 4. The van der Waals surface area contributed by atoms with Gasteiger partial charge in [0.05, 0.1) is 17.7 Å². The Bertz CT molecular complexity index is 957. The first-order valence-corrected chi connectivity index (χ1v) is 9.54. The second kappa shape index (κ2) is 9.00. The summed E-state index contributed by atoms with van der Waals surface area (Å²) in [6.45, 7) is 0. The molecule has 1 heterocycles. The summed E-state index contributed by atoms with van der Waals surface area (Å²) in [4.78, 5) is 16.2. The van der Waals surface area contributed by atoms with E-state index in [9.17, 15) is 18.0 Å². The molecule has 0 bridgehead atoms. The lowest BCUT2D eigenvalue weighted by Crippen LogP contribution is -2.11. The van der Waals surface area contributed by atoms with Crippen LogP contribution in [-0.2, 0) is 11.9 Å². The highest BCUT2D eigenvalue weighted by molar-refractivity contribution is 7.98. The van der Waals surface area contributed by atoms with Gasteiger partial charge in [-0.3, -0.25) is 4.79 Å². The van der Waals surface area contributed by atoms with E-state index in [1.165, 1.54) is 17.8 Å². The zero-order valence-corrected chi connectivity index (χ0v) is 16.2. The number of anilines is 1. The number of pyridine rings is 1. The van der Waals surface area contributed by atoms with E-state index in [2.05, 4.69) is 10.3 Å². The molecule has 0 aliphatic heterocycles. The lowest BCUT2D eigenvalue weighted by Gasteiger charge is -2.08. The molecule has 0 aliphatic rings. The van der Waals surface area contributed by atoms with E-state index < -0.39 is 11.7 Å². The summed E-state index contributed by atoms with van der Waals surface area (Å²) in [6, 6.07) is 16.4. The molecule has 0 fully saturated rings. The molecule has 1 amide bonds. The Morgan fingerprint density at radius 2 is 1.72 bits per heavy atom. The number of ether oxygens (including phenoxy) is 1. The fourth-order valence-corrected chi connectivity index (χ4v) is 3.22. The van der Waals surface area contributed by atoms with Crippen LogP contribution in [0.4, 0.5) is 18.9 Å². The number of benzene rings is 2. The van der Waals surface area contributed by atoms with Crippen LogP contribution in [0.5, 0.6) is 5.75 Å². The van der Waals surface area contributed by atoms with Gasteiger partial charge in [-0.1, -0.05) is 12.1 Å². The van der Waals surface area contributed by atoms with Gasteiger partial charge < -0.3 is 10.1 Å². The first-order chi connectivity index (χ1) is 13.8. The molecule has 0 saturated heterocycles. The van der Waals surface area contributed by atoms with Gasteiger partial charge in [-0.15, -0.1) is 11.8 Å². The van der Waals surface area contributed by atoms with Gasteiger partial charge in [0.1, 0.15) is 5.75 Å². The van der Waals surface area contributed by atoms with Crippen LogP contribution in [0, 0.1) is 0 Å². The standard InChI is InChI=1S/C21H17F3N2O2S/c1-28-18-9-7-17(8-10-18)26-20(27)15-4-2-14(3-5-15)13-29-19-11-6-16(12-25-19)21(22,23)24/h2-12H,13H2,1H3,(H,26,27). The van der Waals surface area contributed by atoms with Crippen molar-refractivity contribution in [1.82, 2.24) is 4.98 Å². The minimum absolute atomic E-state index is 0.237. The van der Waals surface area contributed by atoms with E-state index in [1.54, 1.807) is 55.6 Å². The highest BCUT2D eigenvalue weighted by Gasteiger charge is 2.30. The Morgan fingerprint density at radius 3 is 2.28 bits per heavy atom. The summed E-state index contributed by atoms with van der Waals surface area (Å²) in [5.74, 6) is 0.991. The van der Waals surface area contributed by atoms with Gasteiger partial charge >= 0.3 is 6.18 Å². The highest BCUT2D eigenvalue weighted by atomic mass is 32.2. The lowest BCUT2D eigenvalue weighted by molar-refractivity contribution is -0.137. The predicted octanol–water partition coefficient (Wildman–Crippen LogP) is 5.65. The van der Waals surface area contributed by atoms with Crippen LogP contribution < -0.4 is 10.1 Å². The van der Waals surface area contributed by atoms with Crippen molar-refractivity contribution in [2.45, 2.75) is 17.0 Å². The van der Waals surface area contributed by atoms with Gasteiger partial charge in [-0.2, -0.15) is 13.2 Å². The zero-order valence-electron chi connectivity index (χ0n) is 15.4. The third-order valence-electron chi connectivity index (χ3n) is 4.01. The number of aromatic nitrogens is 1. The quantitative estimate of drug-likeness (QED) is 0.526. The van der Waals surface area contributed by atoms with Crippen LogP contribution in [0.1, 0.15) is 21.5 Å². The van der Waals surface area contributed by atoms with Crippen molar-refractivity contribution in [2.75, 3.05) is 12.4 Å². The van der Waals surface area contributed by atoms with Crippen molar-refractivity contribution < 1.29 is 22.7 Å². The molecule has 1 N–H and O–H groups in total. The van der Waals surface area contributed by atoms with Gasteiger partial charge in [0.2, 0.25) is 0 Å². The highest BCUT2D eigenvalue weighted by Crippen LogP contribution is 2.30. The summed E-state index contributed by atoms with van der Waals surface area (Å²) in [5.41, 5.74) is 1.32. The Morgan fingerprint density at radius 1 is 1.03 bits per heavy atom. The van der Waals surface area contributed by atoms with Crippen LogP contribution in [-0.4, -0.2) is 18.0 Å². The first-order valence-electron chi connectivity index (χ1n) is 8.55. The van der Waals surface area contributed by atoms with E-state index in [0.29, 0.717) is 27.8 Å². The molecule has 0 aliphatic carbocycles. The van der Waals surface area contributed by atoms with E-state index in [0.717, 1.165) is 17.8 Å². The molecule has 0 atom stereocenters. The molecule has 8 heteroatoms. The maximum atomic E-state index is 12.6. The molecule has 3 aromatic rings. The Hall–Kier alpha value is -3.00. The number of carbonyl (C=O) groups excluding carboxylic acids is 1. The summed E-state index contributed by atoms with van der Waals surface area (Å²) in [6.07, 6.45) is -3.56. The van der Waals surface area contributed by atoms with Crippen molar-refractivity contribution in [2.24, 2.45) is 0 Å². The summed E-state index contributed by atoms with van der Waals surface area (Å²) >= 11 is 1.32. The van der Waals surface area contributed by atoms with E-state index in [4.69, 9.17) is 4.74 Å². The van der Waals surface area contributed by atoms with Gasteiger partial charge in [0.25, 0.3) is 5.91 Å². The summed E-state index contributed by atoms with van der Waals surface area (Å²) in [7, 11) is 1.57. The number of carbonyl (C=O) groups is 1. The molecule has 2 aromatic carbocycles. The monoisotopic (exact) mass is 418 g/mol. The summed E-state index contributed by atoms with van der Waals surface area (Å²) in [5, 5.41) is 3.30. The maximum absolute atomic E-state index is 12.6. The SMILES string of the molecule is COc1ccc(NC(=O)c2ccc(CSc3ccc(C(F)(F)F)cn3)cc2)cc1. The Labute approximate surface area is 170 Å². The molecule has 0 saturated carbocycles. The van der Waals surface area contributed by atoms with E-state index >= 15 is 0 Å². The lowest BCUT2D eigenvalue weighted by atomic mass is 10.1. The number of alkyl halides is 3. The number of hydrogen-bond donors (Lipinski definition) is 1. The fraction of sp³-hybridized carbons (Fsp3) is 0.143. The normalized spacial score (nSPS) is 11.2. The molecule has 3 rings (SSSR count). The average molecular weight is 418 g/mol. The van der Waals surface area contributed by atoms with Crippen molar-refractivity contribution in [3.63, 3.8) is 0 Å². The number of nitrogens with one attached hydrogen (secondary N) is 1. The van der Waals surface area contributed by atoms with Crippen molar-refractivity contribution >= 4 is 23.4 Å². The van der Waals surface area contributed by atoms with E-state index in [1.807, 2.05) is 0 Å². The van der Waals surface area contributed by atoms with E-state index in [-0.39, 0.29) is 5.91 Å². The first kappa shape index (κ1) is 20.7. The average Bonchev–Trinajstić information content (AvgIpc) is 2.73. The van der Waals surface area contributed by atoms with Crippen LogP contribution >= 0.6 is 11.8 Å². The number of halogens is 3. The molecule has 0 unspecified atom stereocenters. The number of rotatable bonds is 6. The van der Waals surface area contributed by atoms with Crippen molar-refractivity contribution in [3.8, 4) is 5.75 Å². The van der Waals surface area contributed by atoms with Crippen LogP contribution in [0.2, 0.25) is 0 Å². The summed E-state index contributed by atoms with van der Waals surface area (Å²) < 4.78 is 42.8. The number of thioether (sulfide) groups is 1. The Kier molecular flexibility index (Phi) is 6.43. The molecule has 0 spiro atoms. The predicted molar refractivity (Wildman–Crippen MR) is 106 cm³/mol. The number of amides is 1. The molecule has 4 nitrogen and oxygen atoms in total. The van der Waals surface area contributed by atoms with Crippen molar-refractivity contribution in [1.29, 1.82) is 0 Å². The van der Waals surface area contributed by atoms with Crippen LogP contribution in [0.3, 0.4) is 0 Å². The Balaban J connectivity index is 1.56. The van der Waals surface area contributed by atoms with Crippen LogP contribution in [0.15, 0.2) is 71.9 Å². The third-order valence-corrected chi connectivity index (χ3v) is 5.03. The topological polar surface area (TPSA) is 51.2 Å². The molecule has 1 aromatic heterocycles. The minimum Gasteiger partial charge on any atom is -0.497 e. The van der Waals surface area contributed by atoms with Gasteiger partial charge in [0, 0.05) is 23.2 Å². The molecular formula is C21H17F3N2O2S. The molecule has 29 heavy (non-hydrogen) atoms. The fourth-order valence-electron chi connectivity index (χ4n) is 2.42. The largest absolute Gasteiger partial charge is 0.497 e. The molecule has 150 valence electrons. The van der Waals surface area contributed by atoms with Crippen molar-refractivity contribution in [3.05, 3.63) is 83.6 Å². The second-order valence-electron chi connectivity index (χ2n) is 6.05. The third kappa shape index (κ3) is 5.74. The molecular weight excluding hydrogens is 401 g/mol. The van der Waals surface area contributed by atoms with Crippen LogP contribution in [0.25, 0.3) is 0 Å².